The van der Waals surface area contributed by atoms with Crippen molar-refractivity contribution in [1.82, 2.24) is 0 Å². The smallest absolute Gasteiger partial charge is 0.0340 e. The van der Waals surface area contributed by atoms with Gasteiger partial charge in [0.25, 0.3) is 0 Å². The van der Waals surface area contributed by atoms with Gasteiger partial charge in [-0.3, -0.25) is 0 Å². The summed E-state index contributed by atoms with van der Waals surface area (Å²) in [6, 6.07) is 17.5. The van der Waals surface area contributed by atoms with Gasteiger partial charge in [0, 0.05) is 24.0 Å². The SMILES string of the molecule is CCCCCC#CCc1ccc(C#Cc2ccc(C3CCC(CC)CC3)cc2)cc1. The fourth-order valence-corrected chi connectivity index (χ4v) is 4.31. The van der Waals surface area contributed by atoms with Gasteiger partial charge in [0.2, 0.25) is 0 Å². The Kier molecular flexibility index (Phi) is 9.12. The van der Waals surface area contributed by atoms with Crippen LogP contribution in [0, 0.1) is 29.6 Å². The Morgan fingerprint density at radius 1 is 0.733 bits per heavy atom. The maximum Gasteiger partial charge on any atom is 0.0340 e. The predicted molar refractivity (Wildman–Crippen MR) is 129 cm³/mol. The van der Waals surface area contributed by atoms with Gasteiger partial charge in [-0.15, -0.1) is 5.92 Å². The summed E-state index contributed by atoms with van der Waals surface area (Å²) >= 11 is 0. The molecule has 0 aromatic heterocycles. The molecule has 0 atom stereocenters. The molecule has 0 saturated heterocycles. The molecule has 1 aliphatic carbocycles. The van der Waals surface area contributed by atoms with E-state index in [1.165, 1.54) is 62.5 Å². The van der Waals surface area contributed by atoms with Crippen molar-refractivity contribution in [1.29, 1.82) is 0 Å². The number of hydrogen-bond donors (Lipinski definition) is 0. The Morgan fingerprint density at radius 3 is 1.97 bits per heavy atom. The summed E-state index contributed by atoms with van der Waals surface area (Å²) in [6.45, 7) is 4.56. The lowest BCUT2D eigenvalue weighted by Crippen LogP contribution is -2.12. The Balaban J connectivity index is 1.50. The van der Waals surface area contributed by atoms with E-state index in [4.69, 9.17) is 0 Å². The summed E-state index contributed by atoms with van der Waals surface area (Å²) in [4.78, 5) is 0. The molecule has 0 heterocycles. The molecule has 1 saturated carbocycles. The molecule has 2 aromatic carbocycles. The van der Waals surface area contributed by atoms with Gasteiger partial charge in [-0.1, -0.05) is 75.1 Å². The number of hydrogen-bond acceptors (Lipinski definition) is 0. The van der Waals surface area contributed by atoms with E-state index in [-0.39, 0.29) is 0 Å². The number of benzene rings is 2. The normalized spacial score (nSPS) is 18.1. The summed E-state index contributed by atoms with van der Waals surface area (Å²) in [5, 5.41) is 0. The molecule has 1 aliphatic rings. The van der Waals surface area contributed by atoms with Crippen molar-refractivity contribution in [3.8, 4) is 23.7 Å². The lowest BCUT2D eigenvalue weighted by molar-refractivity contribution is 0.319. The minimum Gasteiger partial charge on any atom is -0.103 e. The molecular formula is C30H36. The molecule has 0 N–H and O–H groups in total. The van der Waals surface area contributed by atoms with Crippen LogP contribution in [-0.4, -0.2) is 0 Å². The molecule has 30 heavy (non-hydrogen) atoms. The summed E-state index contributed by atoms with van der Waals surface area (Å²) in [6.07, 6.45) is 12.4. The van der Waals surface area contributed by atoms with Crippen molar-refractivity contribution in [2.75, 3.05) is 0 Å². The van der Waals surface area contributed by atoms with Crippen LogP contribution in [0.4, 0.5) is 0 Å². The topological polar surface area (TPSA) is 0 Å². The molecule has 0 unspecified atom stereocenters. The van der Waals surface area contributed by atoms with Gasteiger partial charge in [0.15, 0.2) is 0 Å². The second-order valence-corrected chi connectivity index (χ2v) is 8.68. The molecule has 0 aliphatic heterocycles. The van der Waals surface area contributed by atoms with Crippen LogP contribution in [0.15, 0.2) is 48.5 Å². The van der Waals surface area contributed by atoms with Crippen molar-refractivity contribution in [2.24, 2.45) is 5.92 Å². The molecule has 0 radical (unpaired) electrons. The molecule has 156 valence electrons. The first-order valence-electron chi connectivity index (χ1n) is 11.9. The van der Waals surface area contributed by atoms with Crippen LogP contribution in [0.3, 0.4) is 0 Å². The van der Waals surface area contributed by atoms with Gasteiger partial charge in [-0.2, -0.15) is 0 Å². The van der Waals surface area contributed by atoms with Crippen LogP contribution in [0.5, 0.6) is 0 Å². The van der Waals surface area contributed by atoms with Crippen molar-refractivity contribution < 1.29 is 0 Å². The second-order valence-electron chi connectivity index (χ2n) is 8.68. The minimum atomic E-state index is 0.747. The zero-order valence-electron chi connectivity index (χ0n) is 18.8. The molecule has 1 fully saturated rings. The number of unbranched alkanes of at least 4 members (excludes halogenated alkanes) is 3. The van der Waals surface area contributed by atoms with E-state index in [0.717, 1.165) is 35.8 Å². The lowest BCUT2D eigenvalue weighted by Gasteiger charge is -2.28. The van der Waals surface area contributed by atoms with Crippen LogP contribution in [-0.2, 0) is 6.42 Å². The average Bonchev–Trinajstić information content (AvgIpc) is 2.81. The van der Waals surface area contributed by atoms with E-state index in [1.807, 2.05) is 0 Å². The maximum atomic E-state index is 3.32. The van der Waals surface area contributed by atoms with Gasteiger partial charge >= 0.3 is 0 Å². The summed E-state index contributed by atoms with van der Waals surface area (Å²) in [7, 11) is 0. The van der Waals surface area contributed by atoms with E-state index in [1.54, 1.807) is 0 Å². The van der Waals surface area contributed by atoms with Gasteiger partial charge in [0.05, 0.1) is 0 Å². The van der Waals surface area contributed by atoms with Crippen LogP contribution in [0.2, 0.25) is 0 Å². The molecule has 0 amide bonds. The maximum absolute atomic E-state index is 3.32. The zero-order chi connectivity index (χ0) is 21.0. The highest BCUT2D eigenvalue weighted by atomic mass is 14.3. The summed E-state index contributed by atoms with van der Waals surface area (Å²) in [5.74, 6) is 14.9. The highest BCUT2D eigenvalue weighted by Crippen LogP contribution is 2.36. The van der Waals surface area contributed by atoms with Gasteiger partial charge in [-0.05, 0) is 79.3 Å². The molecule has 3 rings (SSSR count). The molecule has 0 heteroatoms. The Morgan fingerprint density at radius 2 is 1.37 bits per heavy atom. The average molecular weight is 397 g/mol. The van der Waals surface area contributed by atoms with Crippen molar-refractivity contribution in [2.45, 2.75) is 84.0 Å². The summed E-state index contributed by atoms with van der Waals surface area (Å²) < 4.78 is 0. The van der Waals surface area contributed by atoms with Gasteiger partial charge in [-0.25, -0.2) is 0 Å². The fraction of sp³-hybridized carbons (Fsp3) is 0.467. The first kappa shape index (κ1) is 22.2. The number of rotatable bonds is 6. The lowest BCUT2D eigenvalue weighted by atomic mass is 9.78. The summed E-state index contributed by atoms with van der Waals surface area (Å²) in [5.41, 5.74) is 4.93. The standard InChI is InChI=1S/C30H36/c1-3-5-6-7-8-9-10-26-11-13-27(14-12-26)15-16-28-19-23-30(24-20-28)29-21-17-25(4-2)18-22-29/h11-14,19-20,23-25,29H,3-7,10,17-18,21-22H2,1-2H3. The van der Waals surface area contributed by atoms with E-state index in [2.05, 4.69) is 86.1 Å². The third kappa shape index (κ3) is 7.11. The van der Waals surface area contributed by atoms with E-state index in [9.17, 15) is 0 Å². The molecular weight excluding hydrogens is 360 g/mol. The highest BCUT2D eigenvalue weighted by molar-refractivity contribution is 5.44. The molecule has 0 bridgehead atoms. The van der Waals surface area contributed by atoms with Crippen molar-refractivity contribution >= 4 is 0 Å². The third-order valence-electron chi connectivity index (χ3n) is 6.43. The van der Waals surface area contributed by atoms with Crippen molar-refractivity contribution in [3.05, 3.63) is 70.8 Å². The van der Waals surface area contributed by atoms with Crippen LogP contribution < -0.4 is 0 Å². The molecule has 2 aromatic rings. The second kappa shape index (κ2) is 12.3. The molecule has 0 spiro atoms. The fourth-order valence-electron chi connectivity index (χ4n) is 4.31. The Bertz CT molecular complexity index is 870. The minimum absolute atomic E-state index is 0.747. The Hall–Kier alpha value is -2.44. The highest BCUT2D eigenvalue weighted by Gasteiger charge is 2.20. The monoisotopic (exact) mass is 396 g/mol. The van der Waals surface area contributed by atoms with Gasteiger partial charge < -0.3 is 0 Å². The van der Waals surface area contributed by atoms with E-state index < -0.39 is 0 Å². The zero-order valence-corrected chi connectivity index (χ0v) is 18.8. The quantitative estimate of drug-likeness (QED) is 0.344. The third-order valence-corrected chi connectivity index (χ3v) is 6.43. The predicted octanol–water partition coefficient (Wildman–Crippen LogP) is 7.90. The largest absolute Gasteiger partial charge is 0.103 e. The van der Waals surface area contributed by atoms with Crippen LogP contribution in [0.25, 0.3) is 0 Å². The van der Waals surface area contributed by atoms with E-state index >= 15 is 0 Å². The van der Waals surface area contributed by atoms with Crippen molar-refractivity contribution in [3.63, 3.8) is 0 Å². The van der Waals surface area contributed by atoms with E-state index in [0.29, 0.717) is 0 Å². The van der Waals surface area contributed by atoms with Crippen LogP contribution in [0.1, 0.15) is 99.8 Å². The first-order chi connectivity index (χ1) is 14.8. The first-order valence-corrected chi connectivity index (χ1v) is 11.9. The molecule has 0 nitrogen and oxygen atoms in total. The van der Waals surface area contributed by atoms with Gasteiger partial charge in [0.1, 0.15) is 0 Å². The Labute approximate surface area is 184 Å². The van der Waals surface area contributed by atoms with Crippen LogP contribution >= 0.6 is 0 Å².